The zero-order chi connectivity index (χ0) is 30.3. The van der Waals surface area contributed by atoms with Crippen LogP contribution in [-0.4, -0.2) is 65.7 Å². The summed E-state index contributed by atoms with van der Waals surface area (Å²) < 4.78 is 32.8. The third-order valence-electron chi connectivity index (χ3n) is 7.29. The van der Waals surface area contributed by atoms with Crippen molar-refractivity contribution in [2.24, 2.45) is 0 Å². The van der Waals surface area contributed by atoms with Gasteiger partial charge in [-0.2, -0.15) is 0 Å². The van der Waals surface area contributed by atoms with Crippen molar-refractivity contribution in [3.8, 4) is 0 Å². The molecule has 8 nitrogen and oxygen atoms in total. The van der Waals surface area contributed by atoms with Crippen molar-refractivity contribution < 1.29 is 33.0 Å². The first kappa shape index (κ1) is 32.1. The molecule has 2 amide bonds. The lowest BCUT2D eigenvalue weighted by Gasteiger charge is -2.43. The number of hydrogen-bond donors (Lipinski definition) is 3. The molecule has 10 heteroatoms. The summed E-state index contributed by atoms with van der Waals surface area (Å²) in [5.41, 5.74) is 1.39. The molecule has 1 fully saturated rings. The fourth-order valence-corrected chi connectivity index (χ4v) is 5.20. The van der Waals surface area contributed by atoms with Gasteiger partial charge in [0, 0.05) is 32.5 Å². The number of ether oxygens (including phenoxy) is 1. The minimum absolute atomic E-state index is 0.00237. The number of carbonyl (C=O) groups excluding carboxylic acids is 3. The summed E-state index contributed by atoms with van der Waals surface area (Å²) in [7, 11) is 0. The number of aliphatic hydroxyl groups is 1. The predicted molar refractivity (Wildman–Crippen MR) is 151 cm³/mol. The number of piperidine rings is 1. The summed E-state index contributed by atoms with van der Waals surface area (Å²) in [4.78, 5) is 39.0. The zero-order valence-electron chi connectivity index (χ0n) is 24.4. The minimum atomic E-state index is -1.15. The number of likely N-dealkylation sites (tertiary alicyclic amines) is 1. The number of amides is 2. The van der Waals surface area contributed by atoms with Crippen LogP contribution in [0.25, 0.3) is 0 Å². The van der Waals surface area contributed by atoms with E-state index in [9.17, 15) is 28.3 Å². The number of esters is 1. The van der Waals surface area contributed by atoms with Crippen molar-refractivity contribution in [2.75, 3.05) is 19.6 Å². The predicted octanol–water partition coefficient (Wildman–Crippen LogP) is 3.56. The van der Waals surface area contributed by atoms with Gasteiger partial charge in [-0.05, 0) is 61.4 Å². The number of aliphatic hydroxyl groups excluding tert-OH is 1. The fraction of sp³-hybridized carbons (Fsp3) is 0.516. The molecule has 2 aromatic rings. The third-order valence-corrected chi connectivity index (χ3v) is 7.29. The zero-order valence-corrected chi connectivity index (χ0v) is 24.4. The van der Waals surface area contributed by atoms with Crippen LogP contribution in [0.1, 0.15) is 70.1 Å². The van der Waals surface area contributed by atoms with Crippen LogP contribution in [-0.2, 0) is 31.1 Å². The SMILES string of the molecule is CC(=O)N[C@@H](Cc1cc(F)cc(F)c1)[C@H](O)CNC1(c2cccc(C(C)C)c2)CCN(CC(=O)OC(C)C)C(=O)C1. The van der Waals surface area contributed by atoms with Gasteiger partial charge in [0.25, 0.3) is 0 Å². The van der Waals surface area contributed by atoms with Crippen molar-refractivity contribution in [3.05, 3.63) is 70.8 Å². The molecule has 0 radical (unpaired) electrons. The van der Waals surface area contributed by atoms with Crippen molar-refractivity contribution in [1.82, 2.24) is 15.5 Å². The topological polar surface area (TPSA) is 108 Å². The molecule has 2 aromatic carbocycles. The largest absolute Gasteiger partial charge is 0.462 e. The Bertz CT molecular complexity index is 1220. The Labute approximate surface area is 240 Å². The Morgan fingerprint density at radius 2 is 1.78 bits per heavy atom. The van der Waals surface area contributed by atoms with Gasteiger partial charge in [0.1, 0.15) is 18.2 Å². The van der Waals surface area contributed by atoms with Gasteiger partial charge < -0.3 is 25.4 Å². The average molecular weight is 574 g/mol. The van der Waals surface area contributed by atoms with Crippen molar-refractivity contribution >= 4 is 17.8 Å². The maximum Gasteiger partial charge on any atom is 0.325 e. The van der Waals surface area contributed by atoms with E-state index >= 15 is 0 Å². The molecular formula is C31H41F2N3O5. The summed E-state index contributed by atoms with van der Waals surface area (Å²) >= 11 is 0. The smallest absolute Gasteiger partial charge is 0.325 e. The van der Waals surface area contributed by atoms with E-state index in [4.69, 9.17) is 4.74 Å². The second-order valence-corrected chi connectivity index (χ2v) is 11.4. The highest BCUT2D eigenvalue weighted by atomic mass is 19.1. The molecule has 1 heterocycles. The second-order valence-electron chi connectivity index (χ2n) is 11.4. The number of halogens is 2. The number of carbonyl (C=O) groups is 3. The molecule has 1 unspecified atom stereocenters. The Hall–Kier alpha value is -3.37. The van der Waals surface area contributed by atoms with Crippen LogP contribution in [0.4, 0.5) is 8.78 Å². The monoisotopic (exact) mass is 573 g/mol. The molecule has 1 saturated heterocycles. The van der Waals surface area contributed by atoms with Gasteiger partial charge in [-0.15, -0.1) is 0 Å². The van der Waals surface area contributed by atoms with Crippen molar-refractivity contribution in [3.63, 3.8) is 0 Å². The summed E-state index contributed by atoms with van der Waals surface area (Å²) in [6.07, 6.45) is -0.941. The Morgan fingerprint density at radius 3 is 2.37 bits per heavy atom. The lowest BCUT2D eigenvalue weighted by atomic mass is 9.79. The molecule has 3 rings (SSSR count). The molecule has 41 heavy (non-hydrogen) atoms. The molecule has 1 aliphatic heterocycles. The van der Waals surface area contributed by atoms with Gasteiger partial charge in [-0.1, -0.05) is 38.1 Å². The lowest BCUT2D eigenvalue weighted by molar-refractivity contribution is -0.154. The van der Waals surface area contributed by atoms with E-state index in [1.807, 2.05) is 24.3 Å². The molecule has 0 spiro atoms. The number of benzene rings is 2. The molecule has 0 aliphatic carbocycles. The average Bonchev–Trinajstić information content (AvgIpc) is 2.87. The van der Waals surface area contributed by atoms with Crippen LogP contribution in [0.3, 0.4) is 0 Å². The summed E-state index contributed by atoms with van der Waals surface area (Å²) in [6.45, 7) is 9.08. The first-order valence-corrected chi connectivity index (χ1v) is 14.0. The minimum Gasteiger partial charge on any atom is -0.462 e. The molecule has 3 atom stereocenters. The van der Waals surface area contributed by atoms with Crippen LogP contribution in [0.15, 0.2) is 42.5 Å². The van der Waals surface area contributed by atoms with Crippen LogP contribution < -0.4 is 10.6 Å². The Balaban J connectivity index is 1.84. The molecular weight excluding hydrogens is 532 g/mol. The second kappa shape index (κ2) is 14.0. The number of hydrogen-bond acceptors (Lipinski definition) is 6. The van der Waals surface area contributed by atoms with Crippen molar-refractivity contribution in [1.29, 1.82) is 0 Å². The van der Waals surface area contributed by atoms with Crippen LogP contribution >= 0.6 is 0 Å². The first-order chi connectivity index (χ1) is 19.3. The molecule has 1 aliphatic rings. The maximum absolute atomic E-state index is 13.8. The van der Waals surface area contributed by atoms with Crippen LogP contribution in [0.2, 0.25) is 0 Å². The lowest BCUT2D eigenvalue weighted by Crippen LogP contribution is -2.57. The molecule has 0 bridgehead atoms. The van der Waals surface area contributed by atoms with E-state index in [1.165, 1.54) is 11.8 Å². The van der Waals surface area contributed by atoms with Gasteiger partial charge in [-0.3, -0.25) is 14.4 Å². The highest BCUT2D eigenvalue weighted by Gasteiger charge is 2.41. The van der Waals surface area contributed by atoms with E-state index in [0.29, 0.717) is 13.0 Å². The van der Waals surface area contributed by atoms with Gasteiger partial charge >= 0.3 is 5.97 Å². The third kappa shape index (κ3) is 9.06. The van der Waals surface area contributed by atoms with E-state index < -0.39 is 41.2 Å². The quantitative estimate of drug-likeness (QED) is 0.335. The number of nitrogens with zero attached hydrogens (tertiary/aromatic N) is 1. The number of nitrogens with one attached hydrogen (secondary N) is 2. The molecule has 3 N–H and O–H groups in total. The van der Waals surface area contributed by atoms with Gasteiger partial charge in [0.05, 0.1) is 23.8 Å². The van der Waals surface area contributed by atoms with Gasteiger partial charge in [0.2, 0.25) is 11.8 Å². The molecule has 224 valence electrons. The standard InChI is InChI=1S/C31H41F2N3O5/c1-19(2)23-7-6-8-24(14-23)31(9-10-36(29(39)16-31)18-30(40)41-20(3)4)34-17-28(38)27(35-21(5)37)13-22-11-25(32)15-26(33)12-22/h6-8,11-12,14-15,19-20,27-28,34,38H,9-10,13,16-18H2,1-5H3,(H,35,37)/t27-,28+,31?/m0/s1. The Kier molecular flexibility index (Phi) is 11.0. The summed E-state index contributed by atoms with van der Waals surface area (Å²) in [6, 6.07) is 10.2. The molecule has 0 saturated carbocycles. The van der Waals surface area contributed by atoms with Gasteiger partial charge in [0.15, 0.2) is 0 Å². The Morgan fingerprint density at radius 1 is 1.10 bits per heavy atom. The highest BCUT2D eigenvalue weighted by molar-refractivity contribution is 5.84. The first-order valence-electron chi connectivity index (χ1n) is 14.0. The normalized spacial score (nSPS) is 18.9. The maximum atomic E-state index is 13.8. The van der Waals surface area contributed by atoms with Gasteiger partial charge in [-0.25, -0.2) is 8.78 Å². The van der Waals surface area contributed by atoms with Crippen LogP contribution in [0, 0.1) is 11.6 Å². The van der Waals surface area contributed by atoms with Crippen molar-refractivity contribution in [2.45, 2.75) is 83.6 Å². The summed E-state index contributed by atoms with van der Waals surface area (Å²) in [5, 5.41) is 17.3. The molecule has 0 aromatic heterocycles. The number of rotatable bonds is 12. The van der Waals surface area contributed by atoms with E-state index in [-0.39, 0.29) is 49.4 Å². The van der Waals surface area contributed by atoms with E-state index in [2.05, 4.69) is 24.5 Å². The highest BCUT2D eigenvalue weighted by Crippen LogP contribution is 2.35. The van der Waals surface area contributed by atoms with E-state index in [1.54, 1.807) is 13.8 Å². The summed E-state index contributed by atoms with van der Waals surface area (Å²) in [5.74, 6) is -2.36. The van der Waals surface area contributed by atoms with E-state index in [0.717, 1.165) is 29.3 Å². The fourth-order valence-electron chi connectivity index (χ4n) is 5.20. The van der Waals surface area contributed by atoms with Crippen LogP contribution in [0.5, 0.6) is 0 Å².